The largest absolute Gasteiger partial charge is 0.379 e. The second-order valence-electron chi connectivity index (χ2n) is 1.97. The molecule has 2 nitrogen and oxygen atoms in total. The van der Waals surface area contributed by atoms with Crippen molar-refractivity contribution in [1.82, 2.24) is 5.32 Å². The first-order valence-corrected chi connectivity index (χ1v) is 2.61. The summed E-state index contributed by atoms with van der Waals surface area (Å²) in [5, 5.41) is 3.18. The fourth-order valence-electron chi connectivity index (χ4n) is 0.737. The average Bonchev–Trinajstić information content (AvgIpc) is 1.65. The van der Waals surface area contributed by atoms with E-state index in [2.05, 4.69) is 12.2 Å². The Bertz CT molecular complexity index is 67.4. The average molecular weight is 138 g/mol. The summed E-state index contributed by atoms with van der Waals surface area (Å²) in [6.45, 7) is 3.15. The number of hydrogen-bond acceptors (Lipinski definition) is 2. The maximum absolute atomic E-state index is 5.04. The van der Waals surface area contributed by atoms with Crippen molar-refractivity contribution in [3.8, 4) is 0 Å². The van der Waals surface area contributed by atoms with Gasteiger partial charge in [-0.15, -0.1) is 12.4 Å². The highest BCUT2D eigenvalue weighted by Gasteiger charge is 2.24. The van der Waals surface area contributed by atoms with E-state index in [9.17, 15) is 0 Å². The van der Waals surface area contributed by atoms with Crippen molar-refractivity contribution < 1.29 is 4.74 Å². The molecule has 8 heavy (non-hydrogen) atoms. The first kappa shape index (κ1) is 8.21. The fraction of sp³-hybridized carbons (Fsp3) is 1.00. The minimum absolute atomic E-state index is 0. The van der Waals surface area contributed by atoms with E-state index in [-0.39, 0.29) is 12.4 Å². The molecule has 0 radical (unpaired) electrons. The van der Waals surface area contributed by atoms with Crippen LogP contribution < -0.4 is 5.32 Å². The number of nitrogens with one attached hydrogen (secondary N) is 1. The van der Waals surface area contributed by atoms with Gasteiger partial charge < -0.3 is 10.1 Å². The van der Waals surface area contributed by atoms with Gasteiger partial charge in [0.15, 0.2) is 0 Å². The number of methoxy groups -OCH3 is 1. The maximum Gasteiger partial charge on any atom is 0.0845 e. The molecule has 1 fully saturated rings. The van der Waals surface area contributed by atoms with Crippen LogP contribution in [0.4, 0.5) is 0 Å². The molecule has 1 saturated heterocycles. The van der Waals surface area contributed by atoms with Crippen molar-refractivity contribution in [1.29, 1.82) is 0 Å². The van der Waals surface area contributed by atoms with Crippen LogP contribution in [0.2, 0.25) is 0 Å². The van der Waals surface area contributed by atoms with Gasteiger partial charge in [-0.1, -0.05) is 0 Å². The molecule has 1 N–H and O–H groups in total. The minimum atomic E-state index is 0. The Morgan fingerprint density at radius 1 is 1.62 bits per heavy atom. The molecule has 0 spiro atoms. The van der Waals surface area contributed by atoms with Gasteiger partial charge in [0.2, 0.25) is 0 Å². The lowest BCUT2D eigenvalue weighted by atomic mass is 10.1. The third-order valence-electron chi connectivity index (χ3n) is 1.50. The van der Waals surface area contributed by atoms with Gasteiger partial charge in [0.05, 0.1) is 6.10 Å². The molecular weight excluding hydrogens is 126 g/mol. The molecule has 0 aromatic rings. The van der Waals surface area contributed by atoms with Gasteiger partial charge in [-0.2, -0.15) is 0 Å². The Balaban J connectivity index is 0.000000490. The number of rotatable bonds is 1. The highest BCUT2D eigenvalue weighted by Crippen LogP contribution is 2.04. The Hall–Kier alpha value is 0.210. The lowest BCUT2D eigenvalue weighted by Gasteiger charge is -2.33. The molecule has 1 aliphatic rings. The fourth-order valence-corrected chi connectivity index (χ4v) is 0.737. The third-order valence-corrected chi connectivity index (χ3v) is 1.50. The van der Waals surface area contributed by atoms with Crippen molar-refractivity contribution in [3.63, 3.8) is 0 Å². The van der Waals surface area contributed by atoms with E-state index in [0.717, 1.165) is 6.54 Å². The third kappa shape index (κ3) is 1.34. The Morgan fingerprint density at radius 2 is 2.25 bits per heavy atom. The summed E-state index contributed by atoms with van der Waals surface area (Å²) in [7, 11) is 1.75. The van der Waals surface area contributed by atoms with Gasteiger partial charge in [0.1, 0.15) is 0 Å². The maximum atomic E-state index is 5.04. The highest BCUT2D eigenvalue weighted by molar-refractivity contribution is 5.85. The van der Waals surface area contributed by atoms with Gasteiger partial charge in [0, 0.05) is 19.7 Å². The highest BCUT2D eigenvalue weighted by atomic mass is 35.5. The number of hydrogen-bond donors (Lipinski definition) is 1. The molecule has 0 aromatic heterocycles. The molecule has 2 atom stereocenters. The zero-order valence-electron chi connectivity index (χ0n) is 5.18. The van der Waals surface area contributed by atoms with Crippen LogP contribution in [0.3, 0.4) is 0 Å². The molecule has 1 aliphatic heterocycles. The molecule has 0 aromatic carbocycles. The summed E-state index contributed by atoms with van der Waals surface area (Å²) in [6.07, 6.45) is 0.472. The van der Waals surface area contributed by atoms with E-state index in [1.807, 2.05) is 0 Å². The van der Waals surface area contributed by atoms with Crippen LogP contribution >= 0.6 is 12.4 Å². The van der Waals surface area contributed by atoms with Crippen LogP contribution in [-0.2, 0) is 4.74 Å². The van der Waals surface area contributed by atoms with Crippen LogP contribution in [0, 0.1) is 0 Å². The second kappa shape index (κ2) is 3.28. The lowest BCUT2D eigenvalue weighted by molar-refractivity contribution is 0.0231. The molecule has 0 bridgehead atoms. The van der Waals surface area contributed by atoms with E-state index < -0.39 is 0 Å². The standard InChI is InChI=1S/C5H11NO.ClH/c1-4-5(7-2)3-6-4;/h4-6H,3H2,1-2H3;1H/t4-,5-;/m0./s1. The van der Waals surface area contributed by atoms with Gasteiger partial charge >= 0.3 is 0 Å². The van der Waals surface area contributed by atoms with Crippen molar-refractivity contribution in [2.75, 3.05) is 13.7 Å². The molecule has 1 heterocycles. The summed E-state index contributed by atoms with van der Waals surface area (Å²) >= 11 is 0. The van der Waals surface area contributed by atoms with Crippen molar-refractivity contribution >= 4 is 12.4 Å². The first-order valence-electron chi connectivity index (χ1n) is 2.61. The summed E-state index contributed by atoms with van der Waals surface area (Å²) in [4.78, 5) is 0. The zero-order chi connectivity index (χ0) is 5.28. The lowest BCUT2D eigenvalue weighted by Crippen LogP contribution is -2.56. The molecule has 0 saturated carbocycles. The minimum Gasteiger partial charge on any atom is -0.379 e. The molecule has 50 valence electrons. The second-order valence-corrected chi connectivity index (χ2v) is 1.97. The van der Waals surface area contributed by atoms with Gasteiger partial charge in [-0.3, -0.25) is 0 Å². The Labute approximate surface area is 56.0 Å². The van der Waals surface area contributed by atoms with Crippen molar-refractivity contribution in [2.24, 2.45) is 0 Å². The van der Waals surface area contributed by atoms with E-state index in [0.29, 0.717) is 12.1 Å². The smallest absolute Gasteiger partial charge is 0.0845 e. The van der Waals surface area contributed by atoms with Crippen molar-refractivity contribution in [2.45, 2.75) is 19.1 Å². The Kier molecular flexibility index (Phi) is 3.36. The van der Waals surface area contributed by atoms with E-state index in [1.165, 1.54) is 0 Å². The molecular formula is C5H12ClNO. The molecule has 1 rings (SSSR count). The van der Waals surface area contributed by atoms with Crippen LogP contribution in [0.25, 0.3) is 0 Å². The van der Waals surface area contributed by atoms with Gasteiger partial charge in [-0.05, 0) is 6.92 Å². The van der Waals surface area contributed by atoms with Gasteiger partial charge in [-0.25, -0.2) is 0 Å². The summed E-state index contributed by atoms with van der Waals surface area (Å²) < 4.78 is 5.04. The van der Waals surface area contributed by atoms with Crippen LogP contribution in [-0.4, -0.2) is 25.8 Å². The number of halogens is 1. The van der Waals surface area contributed by atoms with Crippen LogP contribution in [0.15, 0.2) is 0 Å². The molecule has 3 heteroatoms. The van der Waals surface area contributed by atoms with Crippen LogP contribution in [0.1, 0.15) is 6.92 Å². The van der Waals surface area contributed by atoms with Gasteiger partial charge in [0.25, 0.3) is 0 Å². The molecule has 0 unspecified atom stereocenters. The van der Waals surface area contributed by atoms with E-state index in [4.69, 9.17) is 4.74 Å². The monoisotopic (exact) mass is 137 g/mol. The predicted molar refractivity (Wildman–Crippen MR) is 35.5 cm³/mol. The van der Waals surface area contributed by atoms with Crippen molar-refractivity contribution in [3.05, 3.63) is 0 Å². The quantitative estimate of drug-likeness (QED) is 0.566. The first-order chi connectivity index (χ1) is 3.34. The summed E-state index contributed by atoms with van der Waals surface area (Å²) in [5.41, 5.74) is 0. The summed E-state index contributed by atoms with van der Waals surface area (Å²) in [6, 6.07) is 0.574. The number of ether oxygens (including phenoxy) is 1. The van der Waals surface area contributed by atoms with E-state index >= 15 is 0 Å². The zero-order valence-corrected chi connectivity index (χ0v) is 5.99. The Morgan fingerprint density at radius 3 is 2.25 bits per heavy atom. The molecule has 0 amide bonds. The normalized spacial score (nSPS) is 35.2. The predicted octanol–water partition coefficient (Wildman–Crippen LogP) is 0.415. The summed E-state index contributed by atoms with van der Waals surface area (Å²) in [5.74, 6) is 0. The SMILES string of the molecule is CO[C@H]1CN[C@H]1C.Cl. The molecule has 0 aliphatic carbocycles. The van der Waals surface area contributed by atoms with E-state index in [1.54, 1.807) is 7.11 Å². The van der Waals surface area contributed by atoms with Crippen LogP contribution in [0.5, 0.6) is 0 Å². The topological polar surface area (TPSA) is 21.3 Å².